The van der Waals surface area contributed by atoms with Crippen LogP contribution in [-0.2, 0) is 33.8 Å². The van der Waals surface area contributed by atoms with Crippen molar-refractivity contribution in [1.82, 2.24) is 20.9 Å². The van der Waals surface area contributed by atoms with Gasteiger partial charge in [-0.2, -0.15) is 0 Å². The summed E-state index contributed by atoms with van der Waals surface area (Å²) in [6, 6.07) is 11.5. The summed E-state index contributed by atoms with van der Waals surface area (Å²) in [6.45, 7) is 4.63. The van der Waals surface area contributed by atoms with Crippen LogP contribution in [0.2, 0.25) is 0 Å². The third kappa shape index (κ3) is 6.90. The van der Waals surface area contributed by atoms with E-state index in [1.807, 2.05) is 13.8 Å². The first-order valence-electron chi connectivity index (χ1n) is 16.0. The number of ether oxygens (including phenoxy) is 1. The molecule has 0 aromatic heterocycles. The van der Waals surface area contributed by atoms with Crippen molar-refractivity contribution < 1.29 is 37.1 Å². The minimum absolute atomic E-state index is 0.00754. The molecule has 5 atom stereocenters. The second-order valence-corrected chi connectivity index (χ2v) is 15.8. The molecule has 250 valence electrons. The van der Waals surface area contributed by atoms with E-state index in [1.165, 1.54) is 4.90 Å². The van der Waals surface area contributed by atoms with E-state index in [4.69, 9.17) is 4.74 Å². The Bertz CT molecular complexity index is 1700. The van der Waals surface area contributed by atoms with Crippen LogP contribution in [0.15, 0.2) is 53.4 Å². The van der Waals surface area contributed by atoms with Crippen molar-refractivity contribution >= 4 is 39.2 Å². The second-order valence-electron chi connectivity index (χ2n) is 13.7. The Labute approximate surface area is 273 Å². The number of nitrogens with zero attached hydrogens (tertiary/aromatic N) is 1. The summed E-state index contributed by atoms with van der Waals surface area (Å²) >= 11 is 0. The molecular weight excluding hydrogens is 624 g/mol. The maximum atomic E-state index is 13.9. The third-order valence-electron chi connectivity index (χ3n) is 10.1. The van der Waals surface area contributed by atoms with Crippen molar-refractivity contribution in [2.45, 2.75) is 62.6 Å². The topological polar surface area (TPSA) is 168 Å². The van der Waals surface area contributed by atoms with Gasteiger partial charge in [0, 0.05) is 31.3 Å². The fraction of sp³-hybridized carbons (Fsp3) is 0.500. The van der Waals surface area contributed by atoms with Crippen LogP contribution in [0.4, 0.5) is 0 Å². The lowest BCUT2D eigenvalue weighted by Crippen LogP contribution is -2.56. The first kappa shape index (κ1) is 32.7. The molecule has 2 heterocycles. The van der Waals surface area contributed by atoms with Gasteiger partial charge in [0.25, 0.3) is 11.8 Å². The molecule has 2 aliphatic carbocycles. The maximum absolute atomic E-state index is 13.9. The number of amides is 4. The van der Waals surface area contributed by atoms with Crippen LogP contribution in [0.3, 0.4) is 0 Å². The lowest BCUT2D eigenvalue weighted by molar-refractivity contribution is -0.144. The molecule has 2 aromatic rings. The van der Waals surface area contributed by atoms with Crippen molar-refractivity contribution in [2.75, 3.05) is 26.0 Å². The SMILES string of the molecule is CC1(C)[C@@H]2[C@@H](C(=O)N[C@@H](C[C@@H]3CCNC3=O)C(=O)C(=O)NC3CC3)N(C(=O)COc3ccc(-c4ccc(S(C)(=O)=O)cc4)cc3)C[C@@H]21. The van der Waals surface area contributed by atoms with Gasteiger partial charge in [0.05, 0.1) is 10.9 Å². The molecule has 4 aliphatic rings. The number of hydrogen-bond donors (Lipinski definition) is 3. The van der Waals surface area contributed by atoms with Crippen LogP contribution in [0.1, 0.15) is 39.5 Å². The Morgan fingerprint density at radius 2 is 1.64 bits per heavy atom. The first-order chi connectivity index (χ1) is 22.2. The van der Waals surface area contributed by atoms with Gasteiger partial charge in [-0.15, -0.1) is 0 Å². The van der Waals surface area contributed by atoms with E-state index in [9.17, 15) is 32.4 Å². The predicted molar refractivity (Wildman–Crippen MR) is 171 cm³/mol. The smallest absolute Gasteiger partial charge is 0.289 e. The van der Waals surface area contributed by atoms with E-state index in [1.54, 1.807) is 48.5 Å². The normalized spacial score (nSPS) is 24.9. The van der Waals surface area contributed by atoms with Gasteiger partial charge in [-0.1, -0.05) is 38.1 Å². The molecule has 4 fully saturated rings. The molecule has 13 heteroatoms. The molecule has 0 radical (unpaired) electrons. The van der Waals surface area contributed by atoms with Crippen LogP contribution in [0.25, 0.3) is 11.1 Å². The monoisotopic (exact) mass is 664 g/mol. The number of fused-ring (bicyclic) bond motifs is 1. The van der Waals surface area contributed by atoms with Crippen LogP contribution in [0.5, 0.6) is 5.75 Å². The highest BCUT2D eigenvalue weighted by Gasteiger charge is 2.69. The molecule has 2 saturated carbocycles. The quantitative estimate of drug-likeness (QED) is 0.287. The van der Waals surface area contributed by atoms with Crippen LogP contribution >= 0.6 is 0 Å². The van der Waals surface area contributed by atoms with Crippen molar-refractivity contribution in [3.63, 3.8) is 0 Å². The highest BCUT2D eigenvalue weighted by atomic mass is 32.2. The first-order valence-corrected chi connectivity index (χ1v) is 17.9. The number of carbonyl (C=O) groups excluding carboxylic acids is 5. The number of hydrogen-bond acceptors (Lipinski definition) is 8. The van der Waals surface area contributed by atoms with Gasteiger partial charge in [0.15, 0.2) is 16.4 Å². The van der Waals surface area contributed by atoms with E-state index in [0.717, 1.165) is 30.2 Å². The predicted octanol–water partition coefficient (Wildman–Crippen LogP) is 1.48. The number of nitrogens with one attached hydrogen (secondary N) is 3. The Morgan fingerprint density at radius 1 is 1.00 bits per heavy atom. The second kappa shape index (κ2) is 12.4. The van der Waals surface area contributed by atoms with Gasteiger partial charge in [-0.3, -0.25) is 24.0 Å². The summed E-state index contributed by atoms with van der Waals surface area (Å²) in [4.78, 5) is 67.3. The third-order valence-corrected chi connectivity index (χ3v) is 11.2. The average molecular weight is 665 g/mol. The van der Waals surface area contributed by atoms with Gasteiger partial charge in [-0.25, -0.2) is 8.42 Å². The Hall–Kier alpha value is -4.26. The number of likely N-dealkylation sites (tertiary alicyclic amines) is 1. The molecule has 0 bridgehead atoms. The van der Waals surface area contributed by atoms with Gasteiger partial charge in [0.2, 0.25) is 17.6 Å². The largest absolute Gasteiger partial charge is 0.484 e. The van der Waals surface area contributed by atoms with Gasteiger partial charge in [-0.05, 0) is 78.3 Å². The molecule has 4 amide bonds. The Morgan fingerprint density at radius 3 is 2.21 bits per heavy atom. The molecule has 0 unspecified atom stereocenters. The highest BCUT2D eigenvalue weighted by Crippen LogP contribution is 2.64. The maximum Gasteiger partial charge on any atom is 0.289 e. The average Bonchev–Trinajstić information content (AvgIpc) is 3.80. The molecular formula is C34H40N4O8S. The lowest BCUT2D eigenvalue weighted by atomic mass is 9.94. The molecule has 12 nitrogen and oxygen atoms in total. The highest BCUT2D eigenvalue weighted by molar-refractivity contribution is 7.90. The van der Waals surface area contributed by atoms with Crippen molar-refractivity contribution in [3.05, 3.63) is 48.5 Å². The summed E-state index contributed by atoms with van der Waals surface area (Å²) in [6.07, 6.45) is 3.26. The van der Waals surface area contributed by atoms with E-state index >= 15 is 0 Å². The fourth-order valence-electron chi connectivity index (χ4n) is 6.99. The lowest BCUT2D eigenvalue weighted by Gasteiger charge is -2.31. The minimum atomic E-state index is -3.30. The summed E-state index contributed by atoms with van der Waals surface area (Å²) < 4.78 is 29.3. The summed E-state index contributed by atoms with van der Waals surface area (Å²) in [5.74, 6) is -2.74. The van der Waals surface area contributed by atoms with E-state index in [0.29, 0.717) is 25.3 Å². The number of ketones is 1. The number of rotatable bonds is 12. The van der Waals surface area contributed by atoms with Gasteiger partial charge < -0.3 is 25.6 Å². The molecule has 2 aromatic carbocycles. The van der Waals surface area contributed by atoms with Gasteiger partial charge in [0.1, 0.15) is 11.8 Å². The number of piperidine rings is 1. The van der Waals surface area contributed by atoms with Crippen LogP contribution in [-0.4, -0.2) is 86.8 Å². The van der Waals surface area contributed by atoms with Crippen molar-refractivity contribution in [2.24, 2.45) is 23.2 Å². The molecule has 0 spiro atoms. The molecule has 47 heavy (non-hydrogen) atoms. The van der Waals surface area contributed by atoms with Gasteiger partial charge >= 0.3 is 0 Å². The van der Waals surface area contributed by atoms with Crippen molar-refractivity contribution in [1.29, 1.82) is 0 Å². The van der Waals surface area contributed by atoms with Crippen molar-refractivity contribution in [3.8, 4) is 16.9 Å². The molecule has 2 aliphatic heterocycles. The molecule has 6 rings (SSSR count). The van der Waals surface area contributed by atoms with E-state index in [-0.39, 0.29) is 53.0 Å². The summed E-state index contributed by atoms with van der Waals surface area (Å²) in [7, 11) is -3.30. The minimum Gasteiger partial charge on any atom is -0.484 e. The van der Waals surface area contributed by atoms with E-state index in [2.05, 4.69) is 16.0 Å². The Balaban J connectivity index is 1.11. The zero-order valence-corrected chi connectivity index (χ0v) is 27.5. The summed E-state index contributed by atoms with van der Waals surface area (Å²) in [5.41, 5.74) is 1.49. The van der Waals surface area contributed by atoms with Crippen LogP contribution < -0.4 is 20.7 Å². The molecule has 2 saturated heterocycles. The number of benzene rings is 2. The zero-order valence-electron chi connectivity index (χ0n) is 26.7. The van der Waals surface area contributed by atoms with E-state index < -0.39 is 45.4 Å². The standard InChI is InChI=1S/C34H40N4O8S/c1-34(2)25-17-38(27(39)18-46-23-10-4-19(5-11-23)20-6-12-24(13-7-20)47(3,44)45)29(28(25)34)32(42)37-26(16-21-14-15-35-31(21)41)30(40)33(43)36-22-8-9-22/h4-7,10-13,21-22,25-26,28-29H,8-9,14-18H2,1-3H3,(H,35,41)(H,36,43)(H,37,42)/t21-,25-,26-,28-,29-/m0/s1. The fourth-order valence-corrected chi connectivity index (χ4v) is 7.63. The van der Waals surface area contributed by atoms with Crippen LogP contribution in [0, 0.1) is 23.2 Å². The zero-order chi connectivity index (χ0) is 33.7. The Kier molecular flexibility index (Phi) is 8.62. The number of Topliss-reactive ketones (excluding diaryl/α,β-unsaturated/α-hetero) is 1. The summed E-state index contributed by atoms with van der Waals surface area (Å²) in [5, 5.41) is 8.19. The number of sulfone groups is 1. The molecule has 3 N–H and O–H groups in total. The number of carbonyl (C=O) groups is 5.